The first kappa shape index (κ1) is 22.5. The Morgan fingerprint density at radius 3 is 2.48 bits per heavy atom. The van der Waals surface area contributed by atoms with Crippen LogP contribution in [0.1, 0.15) is 24.2 Å². The number of hydrogen-bond acceptors (Lipinski definition) is 6. The average Bonchev–Trinajstić information content (AvgIpc) is 3.14. The topological polar surface area (TPSA) is 86.1 Å². The fraction of sp³-hybridized carbons (Fsp3) is 0.273. The Morgan fingerprint density at radius 1 is 1.13 bits per heavy atom. The second-order valence-electron chi connectivity index (χ2n) is 7.18. The molecule has 0 bridgehead atoms. The summed E-state index contributed by atoms with van der Waals surface area (Å²) in [6.45, 7) is 4.62. The number of thioether (sulfide) groups is 1. The number of amides is 2. The quantitative estimate of drug-likeness (QED) is 0.534. The Bertz CT molecular complexity index is 1070. The lowest BCUT2D eigenvalue weighted by molar-refractivity contribution is -0.117. The molecular weight excluding hydrogens is 419 g/mol. The van der Waals surface area contributed by atoms with Crippen molar-refractivity contribution in [3.63, 3.8) is 0 Å². The maximum absolute atomic E-state index is 14.3. The molecule has 3 rings (SSSR count). The highest BCUT2D eigenvalue weighted by Gasteiger charge is 2.19. The zero-order valence-electron chi connectivity index (χ0n) is 17.5. The number of carbonyl (C=O) groups is 2. The van der Waals surface area contributed by atoms with Crippen molar-refractivity contribution in [2.75, 3.05) is 12.9 Å². The molecule has 1 heterocycles. The van der Waals surface area contributed by atoms with Crippen molar-refractivity contribution in [1.82, 2.24) is 20.1 Å². The minimum atomic E-state index is -0.496. The van der Waals surface area contributed by atoms with Crippen LogP contribution < -0.4 is 10.1 Å². The van der Waals surface area contributed by atoms with Gasteiger partial charge in [-0.05, 0) is 42.3 Å². The van der Waals surface area contributed by atoms with Gasteiger partial charge in [-0.3, -0.25) is 14.9 Å². The van der Waals surface area contributed by atoms with Crippen molar-refractivity contribution >= 4 is 23.6 Å². The Balaban J connectivity index is 1.69. The number of carbonyl (C=O) groups excluding carboxylic acids is 2. The van der Waals surface area contributed by atoms with E-state index in [-0.39, 0.29) is 17.5 Å². The predicted octanol–water partition coefficient (Wildman–Crippen LogP) is 3.80. The third-order valence-electron chi connectivity index (χ3n) is 4.32. The Hall–Kier alpha value is -3.20. The number of aromatic nitrogens is 3. The Labute approximate surface area is 184 Å². The van der Waals surface area contributed by atoms with Crippen LogP contribution in [0.25, 0.3) is 11.4 Å². The van der Waals surface area contributed by atoms with Crippen molar-refractivity contribution in [2.45, 2.75) is 25.5 Å². The van der Waals surface area contributed by atoms with E-state index in [1.165, 1.54) is 13.2 Å². The van der Waals surface area contributed by atoms with Crippen molar-refractivity contribution in [2.24, 2.45) is 5.92 Å². The molecule has 0 spiro atoms. The number of imide groups is 1. The first-order valence-electron chi connectivity index (χ1n) is 9.68. The monoisotopic (exact) mass is 442 g/mol. The van der Waals surface area contributed by atoms with Gasteiger partial charge in [-0.15, -0.1) is 10.2 Å². The van der Waals surface area contributed by atoms with E-state index in [2.05, 4.69) is 15.5 Å². The van der Waals surface area contributed by atoms with Gasteiger partial charge in [0, 0.05) is 12.1 Å². The van der Waals surface area contributed by atoms with E-state index in [1.807, 2.05) is 13.8 Å². The van der Waals surface area contributed by atoms with Crippen molar-refractivity contribution in [3.05, 3.63) is 59.9 Å². The van der Waals surface area contributed by atoms with E-state index in [0.29, 0.717) is 34.4 Å². The highest BCUT2D eigenvalue weighted by Crippen LogP contribution is 2.26. The largest absolute Gasteiger partial charge is 0.497 e. The summed E-state index contributed by atoms with van der Waals surface area (Å²) >= 11 is 1.14. The van der Waals surface area contributed by atoms with E-state index >= 15 is 0 Å². The normalized spacial score (nSPS) is 10.9. The molecular formula is C22H23FN4O3S. The fourth-order valence-electron chi connectivity index (χ4n) is 2.87. The third kappa shape index (κ3) is 5.69. The highest BCUT2D eigenvalue weighted by atomic mass is 32.2. The van der Waals surface area contributed by atoms with Gasteiger partial charge in [0.1, 0.15) is 11.6 Å². The minimum Gasteiger partial charge on any atom is -0.497 e. The zero-order valence-corrected chi connectivity index (χ0v) is 18.3. The summed E-state index contributed by atoms with van der Waals surface area (Å²) in [4.78, 5) is 24.5. The molecule has 0 radical (unpaired) electrons. The van der Waals surface area contributed by atoms with Crippen LogP contribution in [0.4, 0.5) is 4.39 Å². The summed E-state index contributed by atoms with van der Waals surface area (Å²) in [6.07, 6.45) is 0. The summed E-state index contributed by atoms with van der Waals surface area (Å²) in [6, 6.07) is 12.8. The summed E-state index contributed by atoms with van der Waals surface area (Å²) in [5.74, 6) is -0.0976. The van der Waals surface area contributed by atoms with E-state index in [1.54, 1.807) is 47.0 Å². The number of hydrogen-bond donors (Lipinski definition) is 1. The zero-order chi connectivity index (χ0) is 22.4. The SMILES string of the molecule is COc1ccc(C(=O)NC(=O)CSc2nnc(-c3ccccc3F)n2CC(C)C)cc1. The van der Waals surface area contributed by atoms with Crippen LogP contribution in [0.5, 0.6) is 5.75 Å². The molecule has 0 saturated carbocycles. The van der Waals surface area contributed by atoms with Gasteiger partial charge in [-0.2, -0.15) is 0 Å². The van der Waals surface area contributed by atoms with Crippen LogP contribution in [0.15, 0.2) is 53.7 Å². The van der Waals surface area contributed by atoms with Gasteiger partial charge in [0.2, 0.25) is 5.91 Å². The third-order valence-corrected chi connectivity index (χ3v) is 5.28. The molecule has 2 amide bonds. The standard InChI is InChI=1S/C22H23FN4O3S/c1-14(2)12-27-20(17-6-4-5-7-18(17)23)25-26-22(27)31-13-19(28)24-21(29)15-8-10-16(30-3)11-9-15/h4-11,14H,12-13H2,1-3H3,(H,24,28,29). The second-order valence-corrected chi connectivity index (χ2v) is 8.13. The molecule has 0 fully saturated rings. The number of nitrogens with zero attached hydrogens (tertiary/aromatic N) is 3. The first-order chi connectivity index (χ1) is 14.9. The Morgan fingerprint density at radius 2 is 1.84 bits per heavy atom. The van der Waals surface area contributed by atoms with Gasteiger partial charge < -0.3 is 9.30 Å². The number of benzene rings is 2. The van der Waals surface area contributed by atoms with Crippen LogP contribution >= 0.6 is 11.8 Å². The summed E-state index contributed by atoms with van der Waals surface area (Å²) in [5, 5.41) is 11.1. The lowest BCUT2D eigenvalue weighted by Gasteiger charge is -2.13. The number of methoxy groups -OCH3 is 1. The molecule has 7 nitrogen and oxygen atoms in total. The molecule has 1 aromatic heterocycles. The van der Waals surface area contributed by atoms with Crippen LogP contribution in [-0.2, 0) is 11.3 Å². The summed E-state index contributed by atoms with van der Waals surface area (Å²) in [7, 11) is 1.53. The van der Waals surface area contributed by atoms with Gasteiger partial charge >= 0.3 is 0 Å². The first-order valence-corrected chi connectivity index (χ1v) is 10.7. The number of rotatable bonds is 8. The van der Waals surface area contributed by atoms with Gasteiger partial charge in [0.15, 0.2) is 11.0 Å². The van der Waals surface area contributed by atoms with Gasteiger partial charge in [-0.25, -0.2) is 4.39 Å². The van der Waals surface area contributed by atoms with Crippen LogP contribution in [0, 0.1) is 11.7 Å². The van der Waals surface area contributed by atoms with Crippen LogP contribution in [0.2, 0.25) is 0 Å². The molecule has 31 heavy (non-hydrogen) atoms. The molecule has 0 aliphatic carbocycles. The van der Waals surface area contributed by atoms with E-state index in [9.17, 15) is 14.0 Å². The maximum atomic E-state index is 14.3. The molecule has 0 saturated heterocycles. The van der Waals surface area contributed by atoms with Gasteiger partial charge in [-0.1, -0.05) is 37.7 Å². The van der Waals surface area contributed by atoms with Crippen LogP contribution in [0.3, 0.4) is 0 Å². The van der Waals surface area contributed by atoms with Gasteiger partial charge in [0.25, 0.3) is 5.91 Å². The molecule has 2 aromatic carbocycles. The predicted molar refractivity (Wildman–Crippen MR) is 116 cm³/mol. The molecule has 3 aromatic rings. The average molecular weight is 443 g/mol. The number of nitrogens with one attached hydrogen (secondary N) is 1. The molecule has 1 N–H and O–H groups in total. The lowest BCUT2D eigenvalue weighted by Crippen LogP contribution is -2.31. The van der Waals surface area contributed by atoms with Gasteiger partial charge in [0.05, 0.1) is 18.4 Å². The lowest BCUT2D eigenvalue weighted by atomic mass is 10.2. The second kappa shape index (κ2) is 10.2. The summed E-state index contributed by atoms with van der Waals surface area (Å²) < 4.78 is 21.1. The molecule has 0 aliphatic rings. The van der Waals surface area contributed by atoms with Crippen molar-refractivity contribution < 1.29 is 18.7 Å². The molecule has 9 heteroatoms. The Kier molecular flexibility index (Phi) is 7.41. The molecule has 0 unspecified atom stereocenters. The number of halogens is 1. The molecule has 0 aliphatic heterocycles. The molecule has 0 atom stereocenters. The van der Waals surface area contributed by atoms with Crippen molar-refractivity contribution in [1.29, 1.82) is 0 Å². The smallest absolute Gasteiger partial charge is 0.257 e. The van der Waals surface area contributed by atoms with Crippen LogP contribution in [-0.4, -0.2) is 39.4 Å². The van der Waals surface area contributed by atoms with E-state index in [0.717, 1.165) is 11.8 Å². The maximum Gasteiger partial charge on any atom is 0.257 e. The summed E-state index contributed by atoms with van der Waals surface area (Å²) in [5.41, 5.74) is 0.700. The molecule has 162 valence electrons. The van der Waals surface area contributed by atoms with E-state index in [4.69, 9.17) is 4.74 Å². The number of ether oxygens (including phenoxy) is 1. The van der Waals surface area contributed by atoms with Crippen molar-refractivity contribution in [3.8, 4) is 17.1 Å². The highest BCUT2D eigenvalue weighted by molar-refractivity contribution is 7.99. The fourth-order valence-corrected chi connectivity index (χ4v) is 3.62. The van der Waals surface area contributed by atoms with E-state index < -0.39 is 11.8 Å². The minimum absolute atomic E-state index is 0.0323.